The molecule has 136 valence electrons. The van der Waals surface area contributed by atoms with E-state index < -0.39 is 11.8 Å². The maximum atomic E-state index is 12.0. The van der Waals surface area contributed by atoms with E-state index in [1.54, 1.807) is 18.2 Å². The second-order valence-electron chi connectivity index (χ2n) is 5.46. The van der Waals surface area contributed by atoms with E-state index in [0.717, 1.165) is 12.0 Å². The van der Waals surface area contributed by atoms with Crippen LogP contribution in [0.5, 0.6) is 11.5 Å². The number of nitrogens with one attached hydrogen (secondary N) is 2. The molecule has 0 unspecified atom stereocenters. The lowest BCUT2D eigenvalue weighted by Crippen LogP contribution is -2.25. The number of para-hydroxylation sites is 1. The number of ether oxygens (including phenoxy) is 1. The van der Waals surface area contributed by atoms with Crippen LogP contribution >= 0.6 is 0 Å². The molecule has 2 aromatic carbocycles. The number of methoxy groups -OCH3 is 1. The first-order valence-electron chi connectivity index (χ1n) is 8.10. The van der Waals surface area contributed by atoms with Crippen LogP contribution < -0.4 is 15.5 Å². The summed E-state index contributed by atoms with van der Waals surface area (Å²) in [7, 11) is 1.44. The van der Waals surface area contributed by atoms with Gasteiger partial charge in [-0.15, -0.1) is 0 Å². The number of amides is 2. The van der Waals surface area contributed by atoms with Crippen LogP contribution in [0.15, 0.2) is 47.6 Å². The number of carbonyl (C=O) groups excluding carboxylic acids is 2. The van der Waals surface area contributed by atoms with Crippen LogP contribution in [0.25, 0.3) is 0 Å². The quantitative estimate of drug-likeness (QED) is 0.403. The van der Waals surface area contributed by atoms with Gasteiger partial charge in [-0.25, -0.2) is 5.43 Å². The molecule has 0 radical (unpaired) electrons. The molecule has 7 nitrogen and oxygen atoms in total. The fourth-order valence-electron chi connectivity index (χ4n) is 2.28. The minimum atomic E-state index is -0.529. The Kier molecular flexibility index (Phi) is 6.73. The van der Waals surface area contributed by atoms with Crippen LogP contribution in [0, 0.1) is 0 Å². The summed E-state index contributed by atoms with van der Waals surface area (Å²) in [6, 6.07) is 12.1. The number of nitrogens with zero attached hydrogens (tertiary/aromatic N) is 1. The number of aromatic hydroxyl groups is 1. The Balaban J connectivity index is 1.87. The number of anilines is 1. The molecule has 7 heteroatoms. The topological polar surface area (TPSA) is 100 Å². The number of hydrogen-bond donors (Lipinski definition) is 3. The van der Waals surface area contributed by atoms with E-state index in [-0.39, 0.29) is 12.2 Å². The molecule has 0 atom stereocenters. The molecule has 2 rings (SSSR count). The monoisotopic (exact) mass is 355 g/mol. The Morgan fingerprint density at radius 3 is 2.69 bits per heavy atom. The van der Waals surface area contributed by atoms with Crippen molar-refractivity contribution in [3.8, 4) is 11.5 Å². The standard InChI is InChI=1S/C19H21N3O4/c1-3-14-6-4-5-7-15(14)21-18(24)11-19(25)22-20-12-13-8-9-16(23)17(10-13)26-2/h4-10,12,23H,3,11H2,1-2H3,(H,21,24)(H,22,25). The molecule has 0 aliphatic heterocycles. The molecule has 0 saturated heterocycles. The highest BCUT2D eigenvalue weighted by Crippen LogP contribution is 2.25. The van der Waals surface area contributed by atoms with Crippen LogP contribution in [0.4, 0.5) is 5.69 Å². The van der Waals surface area contributed by atoms with E-state index >= 15 is 0 Å². The maximum absolute atomic E-state index is 12.0. The maximum Gasteiger partial charge on any atom is 0.249 e. The fourth-order valence-corrected chi connectivity index (χ4v) is 2.28. The van der Waals surface area contributed by atoms with Gasteiger partial charge in [0.1, 0.15) is 6.42 Å². The number of aryl methyl sites for hydroxylation is 1. The average molecular weight is 355 g/mol. The molecule has 0 fully saturated rings. The molecule has 0 heterocycles. The fraction of sp³-hybridized carbons (Fsp3) is 0.211. The summed E-state index contributed by atoms with van der Waals surface area (Å²) in [5.41, 5.74) is 4.62. The Morgan fingerprint density at radius 1 is 1.19 bits per heavy atom. The van der Waals surface area contributed by atoms with Gasteiger partial charge in [0.2, 0.25) is 11.8 Å². The number of phenols is 1. The minimum absolute atomic E-state index is 0.0118. The van der Waals surface area contributed by atoms with Gasteiger partial charge in [-0.3, -0.25) is 9.59 Å². The van der Waals surface area contributed by atoms with E-state index in [0.29, 0.717) is 17.0 Å². The molecule has 0 bridgehead atoms. The number of benzene rings is 2. The molecule has 26 heavy (non-hydrogen) atoms. The van der Waals surface area contributed by atoms with Crippen LogP contribution in [-0.2, 0) is 16.0 Å². The van der Waals surface area contributed by atoms with Crippen LogP contribution in [0.3, 0.4) is 0 Å². The first-order chi connectivity index (χ1) is 12.5. The lowest BCUT2D eigenvalue weighted by molar-refractivity contribution is -0.126. The second kappa shape index (κ2) is 9.22. The normalized spacial score (nSPS) is 10.5. The molecule has 2 aromatic rings. The van der Waals surface area contributed by atoms with Crippen LogP contribution in [0.2, 0.25) is 0 Å². The largest absolute Gasteiger partial charge is 0.504 e. The number of hydrogen-bond acceptors (Lipinski definition) is 5. The number of hydrazone groups is 1. The first kappa shape index (κ1) is 19.0. The third-order valence-corrected chi connectivity index (χ3v) is 3.60. The summed E-state index contributed by atoms with van der Waals surface area (Å²) >= 11 is 0. The molecular formula is C19H21N3O4. The molecule has 0 aromatic heterocycles. The van der Waals surface area contributed by atoms with E-state index in [2.05, 4.69) is 15.8 Å². The SMILES string of the molecule is CCc1ccccc1NC(=O)CC(=O)NN=Cc1ccc(O)c(OC)c1. The predicted molar refractivity (Wildman–Crippen MR) is 99.5 cm³/mol. The summed E-state index contributed by atoms with van der Waals surface area (Å²) < 4.78 is 4.99. The van der Waals surface area contributed by atoms with Crippen molar-refractivity contribution >= 4 is 23.7 Å². The number of phenolic OH excluding ortho intramolecular Hbond substituents is 1. The van der Waals surface area contributed by atoms with Crippen molar-refractivity contribution in [3.05, 3.63) is 53.6 Å². The Labute approximate surface area is 151 Å². The summed E-state index contributed by atoms with van der Waals surface area (Å²) in [5.74, 6) is -0.629. The Bertz CT molecular complexity index is 818. The van der Waals surface area contributed by atoms with Gasteiger partial charge in [-0.05, 0) is 41.8 Å². The molecule has 3 N–H and O–H groups in total. The first-order valence-corrected chi connectivity index (χ1v) is 8.10. The van der Waals surface area contributed by atoms with Crippen molar-refractivity contribution in [2.24, 2.45) is 5.10 Å². The lowest BCUT2D eigenvalue weighted by atomic mass is 10.1. The predicted octanol–water partition coefficient (Wildman–Crippen LogP) is 2.44. The summed E-state index contributed by atoms with van der Waals surface area (Å²) in [6.45, 7) is 1.99. The van der Waals surface area contributed by atoms with Gasteiger partial charge in [-0.1, -0.05) is 25.1 Å². The molecule has 0 spiro atoms. The molecule has 0 saturated carbocycles. The number of carbonyl (C=O) groups is 2. The van der Waals surface area contributed by atoms with E-state index in [9.17, 15) is 14.7 Å². The minimum Gasteiger partial charge on any atom is -0.504 e. The van der Waals surface area contributed by atoms with E-state index in [1.165, 1.54) is 19.4 Å². The van der Waals surface area contributed by atoms with Gasteiger partial charge < -0.3 is 15.2 Å². The third-order valence-electron chi connectivity index (χ3n) is 3.60. The highest BCUT2D eigenvalue weighted by molar-refractivity contribution is 6.04. The third kappa shape index (κ3) is 5.34. The van der Waals surface area contributed by atoms with Crippen molar-refractivity contribution in [3.63, 3.8) is 0 Å². The highest BCUT2D eigenvalue weighted by atomic mass is 16.5. The van der Waals surface area contributed by atoms with Gasteiger partial charge in [0, 0.05) is 5.69 Å². The zero-order valence-corrected chi connectivity index (χ0v) is 14.7. The second-order valence-corrected chi connectivity index (χ2v) is 5.46. The average Bonchev–Trinajstić information content (AvgIpc) is 2.63. The van der Waals surface area contributed by atoms with Gasteiger partial charge in [0.25, 0.3) is 0 Å². The van der Waals surface area contributed by atoms with Crippen molar-refractivity contribution < 1.29 is 19.4 Å². The van der Waals surface area contributed by atoms with Gasteiger partial charge in [0.05, 0.1) is 13.3 Å². The van der Waals surface area contributed by atoms with Crippen molar-refractivity contribution in [2.45, 2.75) is 19.8 Å². The molecule has 2 amide bonds. The Hall–Kier alpha value is -3.35. The van der Waals surface area contributed by atoms with Gasteiger partial charge in [0.15, 0.2) is 11.5 Å². The zero-order valence-electron chi connectivity index (χ0n) is 14.7. The highest BCUT2D eigenvalue weighted by Gasteiger charge is 2.10. The summed E-state index contributed by atoms with van der Waals surface area (Å²) in [6.07, 6.45) is 1.83. The van der Waals surface area contributed by atoms with Crippen LogP contribution in [0.1, 0.15) is 24.5 Å². The zero-order chi connectivity index (χ0) is 18.9. The summed E-state index contributed by atoms with van der Waals surface area (Å²) in [5, 5.41) is 16.0. The van der Waals surface area contributed by atoms with Crippen molar-refractivity contribution in [1.29, 1.82) is 0 Å². The Morgan fingerprint density at radius 2 is 1.96 bits per heavy atom. The van der Waals surface area contributed by atoms with Gasteiger partial charge >= 0.3 is 0 Å². The number of rotatable bonds is 7. The van der Waals surface area contributed by atoms with Crippen molar-refractivity contribution in [2.75, 3.05) is 12.4 Å². The van der Waals surface area contributed by atoms with E-state index in [1.807, 2.05) is 25.1 Å². The van der Waals surface area contributed by atoms with Crippen molar-refractivity contribution in [1.82, 2.24) is 5.43 Å². The smallest absolute Gasteiger partial charge is 0.249 e. The van der Waals surface area contributed by atoms with Gasteiger partial charge in [-0.2, -0.15) is 5.10 Å². The molecule has 0 aliphatic carbocycles. The molecule has 0 aliphatic rings. The molecular weight excluding hydrogens is 334 g/mol. The van der Waals surface area contributed by atoms with E-state index in [4.69, 9.17) is 4.74 Å². The summed E-state index contributed by atoms with van der Waals surface area (Å²) in [4.78, 5) is 23.8. The lowest BCUT2D eigenvalue weighted by Gasteiger charge is -2.09. The van der Waals surface area contributed by atoms with Crippen LogP contribution in [-0.4, -0.2) is 30.2 Å².